The highest BCUT2D eigenvalue weighted by atomic mass is 35.5. The van der Waals surface area contributed by atoms with Crippen molar-refractivity contribution in [3.63, 3.8) is 0 Å². The zero-order valence-electron chi connectivity index (χ0n) is 24.7. The fourth-order valence-electron chi connectivity index (χ4n) is 7.65. The van der Waals surface area contributed by atoms with Crippen molar-refractivity contribution in [1.82, 2.24) is 4.90 Å². The van der Waals surface area contributed by atoms with Gasteiger partial charge in [-0.25, -0.2) is 0 Å². The van der Waals surface area contributed by atoms with E-state index in [-0.39, 0.29) is 29.6 Å². The Bertz CT molecular complexity index is 1430. The fraction of sp³-hybridized carbons (Fsp3) is 0.529. The molecule has 2 aliphatic carbocycles. The first-order chi connectivity index (χ1) is 20.7. The van der Waals surface area contributed by atoms with Crippen LogP contribution in [-0.4, -0.2) is 78.1 Å². The molecule has 2 aromatic carbocycles. The SMILES string of the molecule is CN1CC/C=C/[C@H](O)[C@@H]2CC[C@H]2CN2C[C@@]3(CCCc4cc(Cl)ccc43)COc3ccc(cc32)C(CO)(C(=O)O)CC1=O. The molecule has 0 radical (unpaired) electrons. The lowest BCUT2D eigenvalue weighted by molar-refractivity contribution is -0.149. The van der Waals surface area contributed by atoms with E-state index in [2.05, 4.69) is 17.0 Å². The van der Waals surface area contributed by atoms with Crippen molar-refractivity contribution in [2.45, 2.75) is 61.9 Å². The minimum Gasteiger partial charge on any atom is -0.490 e. The Balaban J connectivity index is 1.47. The van der Waals surface area contributed by atoms with Crippen LogP contribution in [0.25, 0.3) is 0 Å². The molecule has 0 saturated heterocycles. The van der Waals surface area contributed by atoms with Gasteiger partial charge in [0.25, 0.3) is 0 Å². The average Bonchev–Trinajstić information content (AvgIpc) is 3.12. The highest BCUT2D eigenvalue weighted by molar-refractivity contribution is 6.30. The van der Waals surface area contributed by atoms with Gasteiger partial charge in [0.2, 0.25) is 5.91 Å². The highest BCUT2D eigenvalue weighted by Gasteiger charge is 2.46. The van der Waals surface area contributed by atoms with Gasteiger partial charge in [0.05, 0.1) is 25.0 Å². The molecule has 6 rings (SSSR count). The van der Waals surface area contributed by atoms with Crippen molar-refractivity contribution < 1.29 is 29.6 Å². The molecule has 1 fully saturated rings. The summed E-state index contributed by atoms with van der Waals surface area (Å²) in [6, 6.07) is 11.4. The van der Waals surface area contributed by atoms with Crippen LogP contribution >= 0.6 is 11.6 Å². The summed E-state index contributed by atoms with van der Waals surface area (Å²) >= 11 is 6.40. The lowest BCUT2D eigenvalue weighted by atomic mass is 9.68. The number of aliphatic hydroxyl groups excluding tert-OH is 2. The molecule has 1 spiro atoms. The van der Waals surface area contributed by atoms with E-state index in [0.717, 1.165) is 42.8 Å². The summed E-state index contributed by atoms with van der Waals surface area (Å²) in [6.07, 6.45) is 8.19. The molecule has 3 N–H and O–H groups in total. The maximum Gasteiger partial charge on any atom is 0.317 e. The lowest BCUT2D eigenvalue weighted by Crippen LogP contribution is -2.49. The minimum absolute atomic E-state index is 0.114. The van der Waals surface area contributed by atoms with Crippen molar-refractivity contribution in [2.24, 2.45) is 11.8 Å². The average molecular weight is 609 g/mol. The first-order valence-corrected chi connectivity index (χ1v) is 15.8. The minimum atomic E-state index is -1.80. The molecule has 2 aliphatic heterocycles. The number of anilines is 1. The van der Waals surface area contributed by atoms with E-state index >= 15 is 0 Å². The van der Waals surface area contributed by atoms with Gasteiger partial charge in [-0.1, -0.05) is 35.9 Å². The van der Waals surface area contributed by atoms with Gasteiger partial charge in [0.15, 0.2) is 0 Å². The van der Waals surface area contributed by atoms with Gasteiger partial charge in [-0.3, -0.25) is 9.59 Å². The van der Waals surface area contributed by atoms with Gasteiger partial charge in [-0.15, -0.1) is 0 Å². The van der Waals surface area contributed by atoms with E-state index in [0.29, 0.717) is 44.0 Å². The van der Waals surface area contributed by atoms with Crippen molar-refractivity contribution in [3.05, 3.63) is 70.3 Å². The summed E-state index contributed by atoms with van der Waals surface area (Å²) in [5.41, 5.74) is 1.51. The summed E-state index contributed by atoms with van der Waals surface area (Å²) < 4.78 is 6.58. The fourth-order valence-corrected chi connectivity index (χ4v) is 7.84. The lowest BCUT2D eigenvalue weighted by Gasteiger charge is -2.45. The van der Waals surface area contributed by atoms with Crippen LogP contribution in [0, 0.1) is 11.8 Å². The van der Waals surface area contributed by atoms with Crippen LogP contribution in [0.1, 0.15) is 55.2 Å². The predicted octanol–water partition coefficient (Wildman–Crippen LogP) is 4.32. The zero-order valence-corrected chi connectivity index (χ0v) is 25.4. The second-order valence-electron chi connectivity index (χ2n) is 13.0. The first-order valence-electron chi connectivity index (χ1n) is 15.4. The van der Waals surface area contributed by atoms with E-state index in [1.54, 1.807) is 19.2 Å². The third-order valence-corrected chi connectivity index (χ3v) is 10.7. The summed E-state index contributed by atoms with van der Waals surface area (Å²) in [5, 5.41) is 32.9. The summed E-state index contributed by atoms with van der Waals surface area (Å²) in [6.45, 7) is 1.49. The Labute approximate surface area is 257 Å². The third-order valence-electron chi connectivity index (χ3n) is 10.5. The molecule has 4 aliphatic rings. The molecule has 9 heteroatoms. The van der Waals surface area contributed by atoms with Crippen LogP contribution in [0.2, 0.25) is 5.02 Å². The van der Waals surface area contributed by atoms with E-state index in [4.69, 9.17) is 16.3 Å². The monoisotopic (exact) mass is 608 g/mol. The molecule has 5 atom stereocenters. The molecule has 1 amide bonds. The Kier molecular flexibility index (Phi) is 8.22. The number of fused-ring (bicyclic) bond motifs is 4. The number of carboxylic acid groups (broad SMARTS) is 1. The van der Waals surface area contributed by atoms with E-state index in [1.807, 2.05) is 24.3 Å². The van der Waals surface area contributed by atoms with Crippen LogP contribution in [0.15, 0.2) is 48.6 Å². The van der Waals surface area contributed by atoms with E-state index < -0.39 is 24.1 Å². The number of carboxylic acids is 1. The molecule has 0 aromatic heterocycles. The maximum atomic E-state index is 13.3. The molecule has 1 saturated carbocycles. The first kappa shape index (κ1) is 30.0. The number of carbonyl (C=O) groups excluding carboxylic acids is 1. The summed E-state index contributed by atoms with van der Waals surface area (Å²) in [7, 11) is 1.64. The normalized spacial score (nSPS) is 31.7. The van der Waals surface area contributed by atoms with Gasteiger partial charge in [0.1, 0.15) is 11.2 Å². The van der Waals surface area contributed by atoms with Crippen LogP contribution in [0.4, 0.5) is 5.69 Å². The number of carbonyl (C=O) groups is 2. The Morgan fingerprint density at radius 1 is 1.19 bits per heavy atom. The number of hydrogen-bond acceptors (Lipinski definition) is 6. The number of halogens is 1. The number of benzene rings is 2. The van der Waals surface area contributed by atoms with Gasteiger partial charge < -0.3 is 29.9 Å². The van der Waals surface area contributed by atoms with Gasteiger partial charge in [-0.2, -0.15) is 0 Å². The predicted molar refractivity (Wildman–Crippen MR) is 165 cm³/mol. The molecule has 43 heavy (non-hydrogen) atoms. The van der Waals surface area contributed by atoms with Crippen LogP contribution in [-0.2, 0) is 26.8 Å². The molecule has 230 valence electrons. The Morgan fingerprint density at radius 3 is 2.77 bits per heavy atom. The maximum absolute atomic E-state index is 13.3. The van der Waals surface area contributed by atoms with Crippen LogP contribution < -0.4 is 9.64 Å². The number of amides is 1. The standard InChI is InChI=1S/C34H41ClN2O6/c1-36-14-3-2-6-29(39)26-10-7-23(26)18-37-19-33(13-4-5-22-15-25(35)9-11-27(22)33)21-43-30-12-8-24(16-28(30)37)34(20-38,32(41)42)17-31(36)40/h2,6,8-9,11-12,15-16,23,26,29,38-39H,3-5,7,10,13-14,17-21H2,1H3,(H,41,42)/b6-2+/t23-,26+,29-,33-,34?/m0/s1. The van der Waals surface area contributed by atoms with Gasteiger partial charge in [-0.05, 0) is 91.3 Å². The number of rotatable bonds is 2. The van der Waals surface area contributed by atoms with Gasteiger partial charge >= 0.3 is 5.97 Å². The Morgan fingerprint density at radius 2 is 2.02 bits per heavy atom. The summed E-state index contributed by atoms with van der Waals surface area (Å²) in [5.74, 6) is -0.589. The van der Waals surface area contributed by atoms with Crippen LogP contribution in [0.5, 0.6) is 5.75 Å². The molecule has 2 aromatic rings. The molecule has 2 heterocycles. The smallest absolute Gasteiger partial charge is 0.317 e. The number of nitrogens with zero attached hydrogens (tertiary/aromatic N) is 2. The third kappa shape index (κ3) is 5.42. The van der Waals surface area contributed by atoms with E-state index in [1.165, 1.54) is 16.0 Å². The zero-order chi connectivity index (χ0) is 30.4. The van der Waals surface area contributed by atoms with Crippen molar-refractivity contribution in [1.29, 1.82) is 0 Å². The van der Waals surface area contributed by atoms with Crippen LogP contribution in [0.3, 0.4) is 0 Å². The number of ether oxygens (including phenoxy) is 1. The second-order valence-corrected chi connectivity index (χ2v) is 13.5. The topological polar surface area (TPSA) is 111 Å². The number of aryl methyl sites for hydroxylation is 1. The van der Waals surface area contributed by atoms with Crippen molar-refractivity contribution >= 4 is 29.2 Å². The Hall–Kier alpha value is -3.07. The number of aliphatic hydroxyl groups is 2. The summed E-state index contributed by atoms with van der Waals surface area (Å²) in [4.78, 5) is 29.9. The molecule has 2 bridgehead atoms. The molecular weight excluding hydrogens is 568 g/mol. The second kappa shape index (κ2) is 11.8. The largest absolute Gasteiger partial charge is 0.490 e. The highest BCUT2D eigenvalue weighted by Crippen LogP contribution is 2.47. The van der Waals surface area contributed by atoms with E-state index in [9.17, 15) is 24.9 Å². The molecule has 1 unspecified atom stereocenters. The quantitative estimate of drug-likeness (QED) is 0.436. The molecular formula is C34H41ClN2O6. The van der Waals surface area contributed by atoms with Gasteiger partial charge in [0, 0.05) is 43.5 Å². The van der Waals surface area contributed by atoms with Crippen molar-refractivity contribution in [3.8, 4) is 5.75 Å². The molecule has 8 nitrogen and oxygen atoms in total. The van der Waals surface area contributed by atoms with Crippen molar-refractivity contribution in [2.75, 3.05) is 44.8 Å². The number of hydrogen-bond donors (Lipinski definition) is 3. The number of aliphatic carboxylic acids is 1.